The predicted octanol–water partition coefficient (Wildman–Crippen LogP) is 2.76. The van der Waals surface area contributed by atoms with Crippen LogP contribution in [-0.4, -0.2) is 97.9 Å². The quantitative estimate of drug-likeness (QED) is 0.203. The molecule has 0 radical (unpaired) electrons. The van der Waals surface area contributed by atoms with Crippen molar-refractivity contribution < 1.29 is 43.0 Å². The van der Waals surface area contributed by atoms with Crippen LogP contribution in [0.1, 0.15) is 61.5 Å². The summed E-state index contributed by atoms with van der Waals surface area (Å²) in [6.45, 7) is 5.85. The van der Waals surface area contributed by atoms with E-state index in [9.17, 15) is 28.8 Å². The van der Waals surface area contributed by atoms with Gasteiger partial charge in [-0.05, 0) is 91.6 Å². The van der Waals surface area contributed by atoms with E-state index in [1.807, 2.05) is 0 Å². The van der Waals surface area contributed by atoms with Crippen LogP contribution in [0.25, 0.3) is 0 Å². The van der Waals surface area contributed by atoms with Crippen molar-refractivity contribution in [2.75, 3.05) is 38.7 Å². The van der Waals surface area contributed by atoms with E-state index in [1.54, 1.807) is 68.6 Å². The van der Waals surface area contributed by atoms with E-state index in [2.05, 4.69) is 40.4 Å². The van der Waals surface area contributed by atoms with Gasteiger partial charge in [-0.25, -0.2) is 0 Å². The molecule has 4 aliphatic rings. The molecule has 1 aliphatic carbocycles. The topological polar surface area (TPSA) is 194 Å². The number of rotatable bonds is 9. The van der Waals surface area contributed by atoms with Gasteiger partial charge in [0, 0.05) is 24.9 Å². The van der Waals surface area contributed by atoms with Crippen molar-refractivity contribution in [3.8, 4) is 17.2 Å². The zero-order chi connectivity index (χ0) is 41.3. The van der Waals surface area contributed by atoms with Crippen LogP contribution in [0.15, 0.2) is 66.7 Å². The van der Waals surface area contributed by atoms with Crippen molar-refractivity contribution >= 4 is 41.1 Å². The van der Waals surface area contributed by atoms with E-state index >= 15 is 0 Å². The van der Waals surface area contributed by atoms with Crippen molar-refractivity contribution in [2.24, 2.45) is 11.8 Å². The summed E-state index contributed by atoms with van der Waals surface area (Å²) in [5, 5.41) is 14.2. The normalized spacial score (nSPS) is 22.0. The Bertz CT molecular complexity index is 1980. The van der Waals surface area contributed by atoms with E-state index < -0.39 is 41.8 Å². The molecule has 0 spiro atoms. The van der Waals surface area contributed by atoms with Gasteiger partial charge in [0.15, 0.2) is 6.61 Å². The molecule has 2 bridgehead atoms. The number of hydrogen-bond donors (Lipinski definition) is 5. The van der Waals surface area contributed by atoms with E-state index in [-0.39, 0.29) is 67.9 Å². The molecular formula is C43H52N6O9. The molecule has 0 unspecified atom stereocenters. The van der Waals surface area contributed by atoms with Crippen LogP contribution in [0.3, 0.4) is 0 Å². The number of hydrogen-bond acceptors (Lipinski definition) is 9. The van der Waals surface area contributed by atoms with Gasteiger partial charge >= 0.3 is 0 Å². The van der Waals surface area contributed by atoms with Crippen molar-refractivity contribution in [2.45, 2.75) is 77.0 Å². The Morgan fingerprint density at radius 3 is 2.33 bits per heavy atom. The lowest BCUT2D eigenvalue weighted by atomic mass is 10.0. The maximum atomic E-state index is 14.3. The first kappa shape index (κ1) is 41.5. The van der Waals surface area contributed by atoms with E-state index in [4.69, 9.17) is 14.2 Å². The number of benzene rings is 3. The Labute approximate surface area is 337 Å². The average Bonchev–Trinajstić information content (AvgIpc) is 4.03. The molecule has 1 fully saturated rings. The summed E-state index contributed by atoms with van der Waals surface area (Å²) < 4.78 is 16.9. The first-order valence-electron chi connectivity index (χ1n) is 19.7. The SMILES string of the molecule is COc1ccc(C[C@@H]2NC(=O)[C@@H](NC(=O)c3ccc4c(c3)OCC(=O)N4)Cc3ccc(cc3)OC[C@H](CC(C)C)NC(=O)CN(CC3CC3)C(=O)[C@@H](C)NC2=O)cc1. The first-order chi connectivity index (χ1) is 27.8. The largest absolute Gasteiger partial charge is 0.497 e. The zero-order valence-electron chi connectivity index (χ0n) is 33.3. The van der Waals surface area contributed by atoms with Gasteiger partial charge in [0.05, 0.1) is 25.4 Å². The Hall–Kier alpha value is -6.12. The lowest BCUT2D eigenvalue weighted by Gasteiger charge is -2.29. The maximum Gasteiger partial charge on any atom is 0.262 e. The highest BCUT2D eigenvalue weighted by atomic mass is 16.5. The monoisotopic (exact) mass is 796 g/mol. The number of ether oxygens (including phenoxy) is 3. The van der Waals surface area contributed by atoms with Gasteiger partial charge in [-0.1, -0.05) is 38.1 Å². The number of methoxy groups -OCH3 is 1. The van der Waals surface area contributed by atoms with Crippen LogP contribution in [0.5, 0.6) is 17.2 Å². The van der Waals surface area contributed by atoms with Crippen LogP contribution < -0.4 is 40.8 Å². The van der Waals surface area contributed by atoms with Gasteiger partial charge in [-0.2, -0.15) is 0 Å². The van der Waals surface area contributed by atoms with Gasteiger partial charge < -0.3 is 45.7 Å². The molecule has 1 saturated carbocycles. The highest BCUT2D eigenvalue weighted by Gasteiger charge is 2.34. The van der Waals surface area contributed by atoms with Crippen LogP contribution in [0, 0.1) is 11.8 Å². The lowest BCUT2D eigenvalue weighted by molar-refractivity contribution is -0.140. The third-order valence-corrected chi connectivity index (χ3v) is 10.2. The molecule has 3 aromatic carbocycles. The third-order valence-electron chi connectivity index (χ3n) is 10.2. The van der Waals surface area contributed by atoms with Crippen molar-refractivity contribution in [3.05, 3.63) is 83.4 Å². The van der Waals surface area contributed by atoms with Crippen LogP contribution in [0.4, 0.5) is 5.69 Å². The molecule has 3 heterocycles. The van der Waals surface area contributed by atoms with Crippen LogP contribution in [-0.2, 0) is 36.8 Å². The highest BCUT2D eigenvalue weighted by Crippen LogP contribution is 2.30. The number of carbonyl (C=O) groups is 6. The van der Waals surface area contributed by atoms with Crippen molar-refractivity contribution in [3.63, 3.8) is 0 Å². The smallest absolute Gasteiger partial charge is 0.262 e. The van der Waals surface area contributed by atoms with Gasteiger partial charge in [0.2, 0.25) is 23.6 Å². The standard InChI is InChI=1S/C43H52N6O9/c1-25(2)17-31-23-57-33-14-9-28(10-15-33)19-36(47-40(52)30-11-16-34-37(20-30)58-24-39(51)46-34)42(54)48-35(18-27-7-12-32(56-4)13-8-27)41(53)44-26(3)43(55)49(21-29-5-6-29)22-38(50)45-31/h7-16,20,25-26,29,31,35-36H,5-6,17-19,21-24H2,1-4H3,(H,44,53)(H,45,50)(H,46,51)(H,47,52)(H,48,54)/t26-,31+,35+,36+/m1/s1. The van der Waals surface area contributed by atoms with Crippen LogP contribution in [0.2, 0.25) is 0 Å². The number of nitrogens with zero attached hydrogens (tertiary/aromatic N) is 1. The highest BCUT2D eigenvalue weighted by molar-refractivity contribution is 6.01. The summed E-state index contributed by atoms with van der Waals surface area (Å²) >= 11 is 0. The molecule has 0 saturated heterocycles. The zero-order valence-corrected chi connectivity index (χ0v) is 33.3. The molecule has 6 amide bonds. The van der Waals surface area contributed by atoms with E-state index in [1.165, 1.54) is 17.0 Å². The number of amides is 6. The maximum absolute atomic E-state index is 14.3. The minimum atomic E-state index is -1.17. The molecule has 15 heteroatoms. The fourth-order valence-electron chi connectivity index (χ4n) is 6.98. The molecule has 7 rings (SSSR count). The summed E-state index contributed by atoms with van der Waals surface area (Å²) in [4.78, 5) is 82.9. The number of fused-ring (bicyclic) bond motifs is 18. The van der Waals surface area contributed by atoms with Gasteiger partial charge in [-0.3, -0.25) is 28.8 Å². The van der Waals surface area contributed by atoms with Crippen molar-refractivity contribution in [1.82, 2.24) is 26.2 Å². The lowest BCUT2D eigenvalue weighted by Crippen LogP contribution is -2.58. The Balaban J connectivity index is 1.31. The van der Waals surface area contributed by atoms with Gasteiger partial charge in [0.1, 0.15) is 42.0 Å². The summed E-state index contributed by atoms with van der Waals surface area (Å²) in [6.07, 6.45) is 2.63. The Kier molecular flexibility index (Phi) is 13.5. The molecule has 3 aliphatic heterocycles. The Morgan fingerprint density at radius 1 is 0.897 bits per heavy atom. The summed E-state index contributed by atoms with van der Waals surface area (Å²) in [5.74, 6) is -0.906. The molecule has 4 atom stereocenters. The number of anilines is 1. The van der Waals surface area contributed by atoms with E-state index in [0.29, 0.717) is 47.0 Å². The predicted molar refractivity (Wildman–Crippen MR) is 214 cm³/mol. The molecular weight excluding hydrogens is 745 g/mol. The van der Waals surface area contributed by atoms with Gasteiger partial charge in [-0.15, -0.1) is 0 Å². The summed E-state index contributed by atoms with van der Waals surface area (Å²) in [6, 6.07) is 15.0. The minimum Gasteiger partial charge on any atom is -0.497 e. The first-order valence-corrected chi connectivity index (χ1v) is 19.7. The summed E-state index contributed by atoms with van der Waals surface area (Å²) in [5.41, 5.74) is 2.01. The number of carbonyl (C=O) groups excluding carboxylic acids is 6. The minimum absolute atomic E-state index is 0.0449. The average molecular weight is 797 g/mol. The second-order valence-electron chi connectivity index (χ2n) is 15.6. The fraction of sp³-hybridized carbons (Fsp3) is 0.442. The molecule has 15 nitrogen and oxygen atoms in total. The second kappa shape index (κ2) is 18.9. The Morgan fingerprint density at radius 2 is 1.64 bits per heavy atom. The second-order valence-corrected chi connectivity index (χ2v) is 15.6. The van der Waals surface area contributed by atoms with Gasteiger partial charge in [0.25, 0.3) is 11.8 Å². The molecule has 0 aromatic heterocycles. The molecule has 5 N–H and O–H groups in total. The van der Waals surface area contributed by atoms with Crippen molar-refractivity contribution in [1.29, 1.82) is 0 Å². The van der Waals surface area contributed by atoms with E-state index in [0.717, 1.165) is 12.8 Å². The third kappa shape index (κ3) is 11.5. The molecule has 3 aromatic rings. The van der Waals surface area contributed by atoms with Crippen LogP contribution >= 0.6 is 0 Å². The molecule has 308 valence electrons. The number of nitrogens with one attached hydrogen (secondary N) is 5. The summed E-state index contributed by atoms with van der Waals surface area (Å²) in [7, 11) is 1.54. The molecule has 58 heavy (non-hydrogen) atoms. The fourth-order valence-corrected chi connectivity index (χ4v) is 6.98.